The highest BCUT2D eigenvalue weighted by molar-refractivity contribution is 8.76. The van der Waals surface area contributed by atoms with Crippen molar-refractivity contribution in [3.05, 3.63) is 35.4 Å². The number of hydrazine groups is 1. The van der Waals surface area contributed by atoms with Gasteiger partial charge in [0.25, 0.3) is 0 Å². The zero-order valence-corrected chi connectivity index (χ0v) is 24.6. The first-order valence-electron chi connectivity index (χ1n) is 12.5. The maximum atomic E-state index is 12.9. The predicted octanol–water partition coefficient (Wildman–Crippen LogP) is -2.06. The molecular weight excluding hydrogens is 628 g/mol. The number of hydrogen-bond acceptors (Lipinski definition) is 12. The van der Waals surface area contributed by atoms with Crippen LogP contribution >= 0.6 is 21.6 Å². The number of nitrogens with two attached hydrogens (primary N) is 1. The third-order valence-corrected chi connectivity index (χ3v) is 7.65. The first-order chi connectivity index (χ1) is 20.9. The van der Waals surface area contributed by atoms with Crippen LogP contribution in [0, 0.1) is 0 Å². The zero-order chi connectivity index (χ0) is 33.1. The second-order valence-corrected chi connectivity index (χ2v) is 11.3. The molecule has 1 aromatic carbocycles. The highest BCUT2D eigenvalue weighted by Gasteiger charge is 2.32. The molecule has 1 rings (SSSR count). The number of carboxylic acids is 3. The van der Waals surface area contributed by atoms with Gasteiger partial charge in [0.05, 0.1) is 19.3 Å². The number of nitrogens with one attached hydrogen (secondary N) is 5. The summed E-state index contributed by atoms with van der Waals surface area (Å²) >= 11 is 0. The predicted molar refractivity (Wildman–Crippen MR) is 155 cm³/mol. The largest absolute Gasteiger partial charge is 0.481 e. The van der Waals surface area contributed by atoms with Crippen LogP contribution in [0.25, 0.3) is 0 Å². The van der Waals surface area contributed by atoms with E-state index in [9.17, 15) is 53.7 Å². The molecule has 5 amide bonds. The number of carbonyl (C=O) groups excluding carboxylic acids is 5. The fourth-order valence-electron chi connectivity index (χ4n) is 3.24. The highest BCUT2D eigenvalue weighted by Crippen LogP contribution is 2.22. The summed E-state index contributed by atoms with van der Waals surface area (Å²) in [6.45, 7) is 0.220. The summed E-state index contributed by atoms with van der Waals surface area (Å²) in [7, 11) is 2.11. The van der Waals surface area contributed by atoms with Gasteiger partial charge in [-0.25, -0.2) is 15.4 Å². The van der Waals surface area contributed by atoms with Crippen molar-refractivity contribution >= 4 is 69.7 Å². The van der Waals surface area contributed by atoms with Gasteiger partial charge < -0.3 is 41.3 Å². The van der Waals surface area contributed by atoms with E-state index in [-0.39, 0.29) is 31.1 Å². The lowest BCUT2D eigenvalue weighted by Gasteiger charge is -2.23. The molecule has 18 nitrogen and oxygen atoms in total. The minimum Gasteiger partial charge on any atom is -0.481 e. The van der Waals surface area contributed by atoms with Crippen molar-refractivity contribution in [2.24, 2.45) is 5.84 Å². The fourth-order valence-corrected chi connectivity index (χ4v) is 5.22. The molecule has 0 heterocycles. The first kappa shape index (κ1) is 37.5. The van der Waals surface area contributed by atoms with Gasteiger partial charge in [0.2, 0.25) is 24.1 Å². The van der Waals surface area contributed by atoms with Crippen LogP contribution in [-0.2, 0) is 51.3 Å². The van der Waals surface area contributed by atoms with Gasteiger partial charge in [-0.3, -0.25) is 34.2 Å². The molecule has 0 radical (unpaired) electrons. The Balaban J connectivity index is 2.84. The molecule has 0 unspecified atom stereocenters. The minimum absolute atomic E-state index is 0.0436. The molecular formula is C24H32N6O12S2. The Morgan fingerprint density at radius 1 is 0.818 bits per heavy atom. The summed E-state index contributed by atoms with van der Waals surface area (Å²) in [5, 5.41) is 36.9. The van der Waals surface area contributed by atoms with E-state index in [4.69, 9.17) is 5.84 Å². The van der Waals surface area contributed by atoms with Crippen molar-refractivity contribution in [3.8, 4) is 0 Å². The number of amides is 5. The number of hydrogen-bond donors (Lipinski definition) is 9. The van der Waals surface area contributed by atoms with Crippen LogP contribution in [0.3, 0.4) is 0 Å². The van der Waals surface area contributed by atoms with Crippen LogP contribution in [0.15, 0.2) is 24.3 Å². The lowest BCUT2D eigenvalue weighted by atomic mass is 10.1. The standard InChI is InChI=1S/C24H32N6O12S2/c25-30-24(41)42-5-6-43-44-11-17(23(39)40)29-22(38)16(9-20(35)36)28-21(37)15(8-19(33)34)27-18(32)7-13-1-3-14(4-2-13)10-26-12-31/h1-4,12,15-17H,5-11,25H2,(H,26,31)(H,27,32)(H,28,37)(H,29,38)(H,30,41)(H,33,34)(H,35,36)(H,39,40)/t15-,16-,17-/m0/s1. The van der Waals surface area contributed by atoms with E-state index in [1.165, 1.54) is 0 Å². The third kappa shape index (κ3) is 15.6. The molecule has 0 bridgehead atoms. The molecule has 0 spiro atoms. The topological polar surface area (TPSA) is 293 Å². The van der Waals surface area contributed by atoms with E-state index in [0.717, 1.165) is 27.2 Å². The van der Waals surface area contributed by atoms with E-state index in [1.807, 2.05) is 0 Å². The van der Waals surface area contributed by atoms with Crippen molar-refractivity contribution in [2.75, 3.05) is 18.1 Å². The van der Waals surface area contributed by atoms with Crippen molar-refractivity contribution in [3.63, 3.8) is 0 Å². The van der Waals surface area contributed by atoms with E-state index in [0.29, 0.717) is 12.0 Å². The molecule has 1 aromatic rings. The van der Waals surface area contributed by atoms with Gasteiger partial charge in [0.15, 0.2) is 0 Å². The van der Waals surface area contributed by atoms with Gasteiger partial charge in [-0.15, -0.1) is 0 Å². The monoisotopic (exact) mass is 660 g/mol. The number of carbonyl (C=O) groups is 8. The summed E-state index contributed by atoms with van der Waals surface area (Å²) in [4.78, 5) is 94.0. The smallest absolute Gasteiger partial charge is 0.421 e. The lowest BCUT2D eigenvalue weighted by Crippen LogP contribution is -2.57. The Bertz CT molecular complexity index is 1190. The van der Waals surface area contributed by atoms with Crippen molar-refractivity contribution in [2.45, 2.75) is 43.9 Å². The van der Waals surface area contributed by atoms with Crippen molar-refractivity contribution < 1.29 is 58.4 Å². The normalized spacial score (nSPS) is 12.4. The molecule has 0 saturated carbocycles. The van der Waals surface area contributed by atoms with Gasteiger partial charge in [0.1, 0.15) is 24.7 Å². The number of rotatable bonds is 21. The third-order valence-electron chi connectivity index (χ3n) is 5.27. The minimum atomic E-state index is -1.82. The van der Waals surface area contributed by atoms with Gasteiger partial charge in [-0.1, -0.05) is 45.9 Å². The molecule has 0 aromatic heterocycles. The molecule has 3 atom stereocenters. The Morgan fingerprint density at radius 2 is 1.36 bits per heavy atom. The highest BCUT2D eigenvalue weighted by atomic mass is 33.1. The van der Waals surface area contributed by atoms with Gasteiger partial charge in [0, 0.05) is 18.1 Å². The average molecular weight is 661 g/mol. The van der Waals surface area contributed by atoms with Crippen molar-refractivity contribution in [1.29, 1.82) is 0 Å². The Morgan fingerprint density at radius 3 is 1.89 bits per heavy atom. The van der Waals surface area contributed by atoms with Crippen LogP contribution in [0.4, 0.5) is 4.79 Å². The van der Waals surface area contributed by atoms with Gasteiger partial charge in [-0.05, 0) is 11.1 Å². The summed E-state index contributed by atoms with van der Waals surface area (Å²) in [6, 6.07) is 1.44. The zero-order valence-electron chi connectivity index (χ0n) is 23.0. The number of benzene rings is 1. The Labute approximate surface area is 257 Å². The van der Waals surface area contributed by atoms with E-state index in [1.54, 1.807) is 29.7 Å². The SMILES string of the molecule is NNC(=O)OCCSSC[C@H](NC(=O)[C@H](CC(=O)O)NC(=O)[C@H](CC(=O)O)NC(=O)Cc1ccc(CNC=O)cc1)C(=O)O. The van der Waals surface area contributed by atoms with Crippen LogP contribution in [0.2, 0.25) is 0 Å². The Kier molecular flexibility index (Phi) is 17.3. The molecule has 10 N–H and O–H groups in total. The van der Waals surface area contributed by atoms with Gasteiger partial charge >= 0.3 is 24.0 Å². The summed E-state index contributed by atoms with van der Waals surface area (Å²) < 4.78 is 4.66. The number of aliphatic carboxylic acids is 3. The molecule has 0 fully saturated rings. The summed E-state index contributed by atoms with van der Waals surface area (Å²) in [6.07, 6.45) is -2.48. The van der Waals surface area contributed by atoms with Crippen LogP contribution in [-0.4, -0.2) is 99.7 Å². The summed E-state index contributed by atoms with van der Waals surface area (Å²) in [5.41, 5.74) is 3.00. The molecule has 0 aliphatic rings. The maximum Gasteiger partial charge on any atom is 0.421 e. The van der Waals surface area contributed by atoms with Crippen LogP contribution < -0.4 is 32.5 Å². The number of ether oxygens (including phenoxy) is 1. The number of carboxylic acid groups (broad SMARTS) is 3. The van der Waals surface area contributed by atoms with E-state index >= 15 is 0 Å². The summed E-state index contributed by atoms with van der Waals surface area (Å²) in [5.74, 6) is -2.68. The molecule has 44 heavy (non-hydrogen) atoms. The van der Waals surface area contributed by atoms with Crippen molar-refractivity contribution in [1.82, 2.24) is 26.7 Å². The molecule has 0 saturated heterocycles. The molecule has 0 aliphatic heterocycles. The fraction of sp³-hybridized carbons (Fsp3) is 0.417. The molecule has 242 valence electrons. The first-order valence-corrected chi connectivity index (χ1v) is 15.0. The maximum absolute atomic E-state index is 12.9. The van der Waals surface area contributed by atoms with E-state index < -0.39 is 72.7 Å². The lowest BCUT2D eigenvalue weighted by molar-refractivity contribution is -0.144. The Hall–Kier alpha value is -4.56. The van der Waals surface area contributed by atoms with E-state index in [2.05, 4.69) is 26.0 Å². The van der Waals surface area contributed by atoms with Crippen LogP contribution in [0.1, 0.15) is 24.0 Å². The molecule has 0 aliphatic carbocycles. The molecule has 20 heteroatoms. The second kappa shape index (κ2) is 20.4. The van der Waals surface area contributed by atoms with Gasteiger partial charge in [-0.2, -0.15) is 0 Å². The van der Waals surface area contributed by atoms with Crippen LogP contribution in [0.5, 0.6) is 0 Å². The second-order valence-electron chi connectivity index (χ2n) is 8.66. The quantitative estimate of drug-likeness (QED) is 0.0171. The average Bonchev–Trinajstić information content (AvgIpc) is 2.96.